The summed E-state index contributed by atoms with van der Waals surface area (Å²) in [6.07, 6.45) is 3.24. The Morgan fingerprint density at radius 3 is 2.59 bits per heavy atom. The predicted molar refractivity (Wildman–Crippen MR) is 66.6 cm³/mol. The lowest BCUT2D eigenvalue weighted by Gasteiger charge is -2.34. The van der Waals surface area contributed by atoms with Gasteiger partial charge in [0.2, 0.25) is 0 Å². The topological polar surface area (TPSA) is 55.6 Å². The first-order valence-electron chi connectivity index (χ1n) is 6.60. The normalized spacial score (nSPS) is 33.4. The number of carbonyl (C=O) groups is 1. The summed E-state index contributed by atoms with van der Waals surface area (Å²) in [6, 6.07) is 0.374. The fourth-order valence-corrected chi connectivity index (χ4v) is 2.63. The number of amides is 1. The second-order valence-corrected chi connectivity index (χ2v) is 6.39. The van der Waals surface area contributed by atoms with Gasteiger partial charge in [0, 0.05) is 19.1 Å². The molecule has 0 radical (unpaired) electrons. The quantitative estimate of drug-likeness (QED) is 0.762. The average molecular weight is 240 g/mol. The molecule has 1 unspecified atom stereocenters. The van der Waals surface area contributed by atoms with Gasteiger partial charge in [-0.25, -0.2) is 4.79 Å². The summed E-state index contributed by atoms with van der Waals surface area (Å²) >= 11 is 0. The Balaban J connectivity index is 1.86. The molecular weight excluding hydrogens is 216 g/mol. The van der Waals surface area contributed by atoms with Crippen LogP contribution in [-0.2, 0) is 4.74 Å². The number of piperidine rings is 1. The number of rotatable bonds is 1. The maximum atomic E-state index is 12.0. The van der Waals surface area contributed by atoms with E-state index in [4.69, 9.17) is 10.5 Å². The molecule has 0 spiro atoms. The minimum atomic E-state index is -0.403. The van der Waals surface area contributed by atoms with Crippen LogP contribution in [-0.4, -0.2) is 35.7 Å². The Labute approximate surface area is 103 Å². The first kappa shape index (κ1) is 12.7. The molecule has 1 heterocycles. The van der Waals surface area contributed by atoms with Crippen molar-refractivity contribution in [2.75, 3.05) is 13.1 Å². The minimum Gasteiger partial charge on any atom is -0.444 e. The van der Waals surface area contributed by atoms with E-state index in [-0.39, 0.29) is 6.09 Å². The molecule has 0 aromatic heterocycles. The average Bonchev–Trinajstić information content (AvgIpc) is 2.93. The van der Waals surface area contributed by atoms with Gasteiger partial charge < -0.3 is 15.4 Å². The maximum absolute atomic E-state index is 12.0. The molecule has 1 aliphatic heterocycles. The van der Waals surface area contributed by atoms with E-state index in [0.29, 0.717) is 17.9 Å². The van der Waals surface area contributed by atoms with Crippen molar-refractivity contribution < 1.29 is 9.53 Å². The lowest BCUT2D eigenvalue weighted by atomic mass is 9.93. The van der Waals surface area contributed by atoms with Crippen molar-refractivity contribution in [1.82, 2.24) is 4.90 Å². The number of ether oxygens (including phenoxy) is 1. The number of carbonyl (C=O) groups excluding carboxylic acids is 1. The summed E-state index contributed by atoms with van der Waals surface area (Å²) < 4.78 is 5.41. The molecule has 1 aliphatic carbocycles. The molecule has 2 N–H and O–H groups in total. The van der Waals surface area contributed by atoms with E-state index in [1.165, 1.54) is 6.42 Å². The Bertz CT molecular complexity index is 298. The summed E-state index contributed by atoms with van der Waals surface area (Å²) in [4.78, 5) is 13.8. The van der Waals surface area contributed by atoms with Crippen molar-refractivity contribution in [3.05, 3.63) is 0 Å². The second-order valence-electron chi connectivity index (χ2n) is 6.39. The highest BCUT2D eigenvalue weighted by atomic mass is 16.6. The third kappa shape index (κ3) is 3.35. The van der Waals surface area contributed by atoms with Crippen LogP contribution in [0.5, 0.6) is 0 Å². The molecule has 0 aromatic carbocycles. The molecule has 0 bridgehead atoms. The van der Waals surface area contributed by atoms with Crippen LogP contribution in [0.15, 0.2) is 0 Å². The van der Waals surface area contributed by atoms with E-state index in [0.717, 1.165) is 25.9 Å². The first-order chi connectivity index (χ1) is 7.87. The molecule has 98 valence electrons. The summed E-state index contributed by atoms with van der Waals surface area (Å²) in [5, 5.41) is 0. The first-order valence-corrected chi connectivity index (χ1v) is 6.60. The zero-order valence-electron chi connectivity index (χ0n) is 11.1. The molecule has 2 fully saturated rings. The van der Waals surface area contributed by atoms with Gasteiger partial charge in [-0.2, -0.15) is 0 Å². The van der Waals surface area contributed by atoms with Gasteiger partial charge in [0.25, 0.3) is 0 Å². The summed E-state index contributed by atoms with van der Waals surface area (Å²) in [7, 11) is 0. The van der Waals surface area contributed by atoms with E-state index in [2.05, 4.69) is 0 Å². The molecule has 1 amide bonds. The fraction of sp³-hybridized carbons (Fsp3) is 0.923. The third-order valence-corrected chi connectivity index (χ3v) is 3.61. The van der Waals surface area contributed by atoms with Crippen LogP contribution in [0.25, 0.3) is 0 Å². The van der Waals surface area contributed by atoms with Crippen LogP contribution < -0.4 is 5.73 Å². The number of hydrogen-bond donors (Lipinski definition) is 1. The zero-order chi connectivity index (χ0) is 12.6. The summed E-state index contributed by atoms with van der Waals surface area (Å²) in [5.74, 6) is 1.23. The van der Waals surface area contributed by atoms with Crippen molar-refractivity contribution in [2.45, 2.75) is 51.7 Å². The highest BCUT2D eigenvalue weighted by Gasteiger charge is 2.42. The highest BCUT2D eigenvalue weighted by molar-refractivity contribution is 5.68. The van der Waals surface area contributed by atoms with E-state index in [9.17, 15) is 4.79 Å². The fourth-order valence-electron chi connectivity index (χ4n) is 2.63. The van der Waals surface area contributed by atoms with Gasteiger partial charge in [-0.05, 0) is 51.9 Å². The van der Waals surface area contributed by atoms with E-state index in [1.807, 2.05) is 25.7 Å². The van der Waals surface area contributed by atoms with Gasteiger partial charge in [-0.15, -0.1) is 0 Å². The van der Waals surface area contributed by atoms with Crippen LogP contribution in [0.2, 0.25) is 0 Å². The molecule has 0 aromatic rings. The molecule has 2 rings (SSSR count). The molecule has 3 atom stereocenters. The van der Waals surface area contributed by atoms with E-state index in [1.54, 1.807) is 0 Å². The molecule has 2 aliphatic rings. The van der Waals surface area contributed by atoms with Gasteiger partial charge in [0.1, 0.15) is 5.60 Å². The van der Waals surface area contributed by atoms with Crippen LogP contribution in [0.1, 0.15) is 40.0 Å². The molecule has 1 saturated heterocycles. The minimum absolute atomic E-state index is 0.170. The Kier molecular flexibility index (Phi) is 3.34. The van der Waals surface area contributed by atoms with Crippen molar-refractivity contribution >= 4 is 6.09 Å². The smallest absolute Gasteiger partial charge is 0.410 e. The summed E-state index contributed by atoms with van der Waals surface area (Å²) in [6.45, 7) is 7.37. The molecule has 4 nitrogen and oxygen atoms in total. The monoisotopic (exact) mass is 240 g/mol. The van der Waals surface area contributed by atoms with E-state index < -0.39 is 5.60 Å². The standard InChI is InChI=1S/C13H24N2O2/c1-13(2,3)17-12(16)15-6-4-5-9(8-15)10-7-11(10)14/h9-11H,4-8,14H2,1-3H3/t9?,10-,11+/m1/s1. The van der Waals surface area contributed by atoms with Crippen LogP contribution >= 0.6 is 0 Å². The third-order valence-electron chi connectivity index (χ3n) is 3.61. The van der Waals surface area contributed by atoms with Crippen molar-refractivity contribution in [3.63, 3.8) is 0 Å². The van der Waals surface area contributed by atoms with Gasteiger partial charge in [-0.1, -0.05) is 0 Å². The van der Waals surface area contributed by atoms with Crippen molar-refractivity contribution in [3.8, 4) is 0 Å². The van der Waals surface area contributed by atoms with Crippen molar-refractivity contribution in [1.29, 1.82) is 0 Å². The summed E-state index contributed by atoms with van der Waals surface area (Å²) in [5.41, 5.74) is 5.48. The number of hydrogen-bond acceptors (Lipinski definition) is 3. The lowest BCUT2D eigenvalue weighted by molar-refractivity contribution is 0.0153. The Morgan fingerprint density at radius 1 is 1.41 bits per heavy atom. The van der Waals surface area contributed by atoms with Crippen LogP contribution in [0.3, 0.4) is 0 Å². The van der Waals surface area contributed by atoms with Crippen LogP contribution in [0.4, 0.5) is 4.79 Å². The molecule has 17 heavy (non-hydrogen) atoms. The second kappa shape index (κ2) is 4.48. The number of nitrogens with zero attached hydrogens (tertiary/aromatic N) is 1. The van der Waals surface area contributed by atoms with Crippen molar-refractivity contribution in [2.24, 2.45) is 17.6 Å². The number of likely N-dealkylation sites (tertiary alicyclic amines) is 1. The predicted octanol–water partition coefficient (Wildman–Crippen LogP) is 1.98. The van der Waals surface area contributed by atoms with Crippen LogP contribution in [0, 0.1) is 11.8 Å². The van der Waals surface area contributed by atoms with Gasteiger partial charge >= 0.3 is 6.09 Å². The number of nitrogens with two attached hydrogens (primary N) is 1. The zero-order valence-corrected chi connectivity index (χ0v) is 11.1. The molecular formula is C13H24N2O2. The van der Waals surface area contributed by atoms with E-state index >= 15 is 0 Å². The van der Waals surface area contributed by atoms with Gasteiger partial charge in [0.05, 0.1) is 0 Å². The largest absolute Gasteiger partial charge is 0.444 e. The molecule has 4 heteroatoms. The SMILES string of the molecule is CC(C)(C)OC(=O)N1CCCC([C@H]2C[C@@H]2N)C1. The van der Waals surface area contributed by atoms with Gasteiger partial charge in [0.15, 0.2) is 0 Å². The Hall–Kier alpha value is -0.770. The van der Waals surface area contributed by atoms with Gasteiger partial charge in [-0.3, -0.25) is 0 Å². The molecule has 1 saturated carbocycles. The lowest BCUT2D eigenvalue weighted by Crippen LogP contribution is -2.43. The highest BCUT2D eigenvalue weighted by Crippen LogP contribution is 2.40. The maximum Gasteiger partial charge on any atom is 0.410 e. The Morgan fingerprint density at radius 2 is 2.06 bits per heavy atom.